The molecule has 1 aromatic rings. The van der Waals surface area contributed by atoms with E-state index in [0.29, 0.717) is 0 Å². The number of aryl methyl sites for hydroxylation is 2. The van der Waals surface area contributed by atoms with Gasteiger partial charge in [0.25, 0.3) is 0 Å². The van der Waals surface area contributed by atoms with Crippen LogP contribution in [0.3, 0.4) is 0 Å². The van der Waals surface area contributed by atoms with Gasteiger partial charge in [0.2, 0.25) is 0 Å². The fourth-order valence-corrected chi connectivity index (χ4v) is 1.57. The van der Waals surface area contributed by atoms with Gasteiger partial charge in [-0.15, -0.1) is 0 Å². The first kappa shape index (κ1) is 10.8. The van der Waals surface area contributed by atoms with E-state index in [0.717, 1.165) is 12.8 Å². The van der Waals surface area contributed by atoms with E-state index in [1.807, 2.05) is 19.2 Å². The Kier molecular flexibility index (Phi) is 4.24. The average molecular weight is 189 g/mol. The molecular formula is C13H19N. The number of rotatable bonds is 4. The lowest BCUT2D eigenvalue weighted by atomic mass is 10.0. The summed E-state index contributed by atoms with van der Waals surface area (Å²) in [6.07, 6.45) is 6.18. The van der Waals surface area contributed by atoms with Crippen molar-refractivity contribution in [3.63, 3.8) is 0 Å². The molecule has 0 saturated carbocycles. The van der Waals surface area contributed by atoms with E-state index in [9.17, 15) is 0 Å². The molecule has 0 atom stereocenters. The first-order valence-corrected chi connectivity index (χ1v) is 5.31. The SMILES string of the molecule is CC=CNc1ccc(CC)c(CC)c1. The molecule has 0 unspecified atom stereocenters. The van der Waals surface area contributed by atoms with Gasteiger partial charge >= 0.3 is 0 Å². The minimum absolute atomic E-state index is 1.11. The molecule has 0 saturated heterocycles. The Balaban J connectivity index is 2.89. The molecule has 1 heteroatoms. The van der Waals surface area contributed by atoms with Crippen molar-refractivity contribution in [1.82, 2.24) is 0 Å². The zero-order valence-electron chi connectivity index (χ0n) is 9.30. The Morgan fingerprint density at radius 1 is 1.14 bits per heavy atom. The summed E-state index contributed by atoms with van der Waals surface area (Å²) in [6, 6.07) is 6.58. The van der Waals surface area contributed by atoms with E-state index in [-0.39, 0.29) is 0 Å². The minimum Gasteiger partial charge on any atom is -0.362 e. The quantitative estimate of drug-likeness (QED) is 0.760. The minimum atomic E-state index is 1.11. The zero-order chi connectivity index (χ0) is 10.4. The molecule has 0 aliphatic carbocycles. The molecule has 1 aromatic carbocycles. The highest BCUT2D eigenvalue weighted by atomic mass is 14.8. The van der Waals surface area contributed by atoms with Crippen LogP contribution in [-0.2, 0) is 12.8 Å². The fraction of sp³-hybridized carbons (Fsp3) is 0.385. The molecule has 0 aromatic heterocycles. The normalized spacial score (nSPS) is 10.8. The molecule has 1 nitrogen and oxygen atoms in total. The lowest BCUT2D eigenvalue weighted by molar-refractivity contribution is 1.04. The number of benzene rings is 1. The predicted octanol–water partition coefficient (Wildman–Crippen LogP) is 3.76. The zero-order valence-corrected chi connectivity index (χ0v) is 9.30. The summed E-state index contributed by atoms with van der Waals surface area (Å²) in [6.45, 7) is 6.41. The Hall–Kier alpha value is -1.24. The Labute approximate surface area is 86.8 Å². The highest BCUT2D eigenvalue weighted by molar-refractivity contribution is 5.50. The van der Waals surface area contributed by atoms with Gasteiger partial charge in [0, 0.05) is 5.69 Å². The smallest absolute Gasteiger partial charge is 0.0382 e. The van der Waals surface area contributed by atoms with Gasteiger partial charge in [-0.3, -0.25) is 0 Å². The molecule has 0 fully saturated rings. The summed E-state index contributed by atoms with van der Waals surface area (Å²) in [4.78, 5) is 0. The van der Waals surface area contributed by atoms with Gasteiger partial charge in [-0.25, -0.2) is 0 Å². The van der Waals surface area contributed by atoms with Crippen LogP contribution in [0.4, 0.5) is 5.69 Å². The van der Waals surface area contributed by atoms with E-state index < -0.39 is 0 Å². The van der Waals surface area contributed by atoms with Crippen molar-refractivity contribution in [2.24, 2.45) is 0 Å². The Bertz CT molecular complexity index is 313. The molecule has 76 valence electrons. The summed E-state index contributed by atoms with van der Waals surface area (Å²) in [5.74, 6) is 0. The monoisotopic (exact) mass is 189 g/mol. The van der Waals surface area contributed by atoms with E-state index in [4.69, 9.17) is 0 Å². The van der Waals surface area contributed by atoms with Gasteiger partial charge < -0.3 is 5.32 Å². The molecule has 1 N–H and O–H groups in total. The highest BCUT2D eigenvalue weighted by Gasteiger charge is 1.99. The number of nitrogens with one attached hydrogen (secondary N) is 1. The first-order valence-electron chi connectivity index (χ1n) is 5.31. The Morgan fingerprint density at radius 3 is 2.43 bits per heavy atom. The van der Waals surface area contributed by atoms with Crippen molar-refractivity contribution in [3.8, 4) is 0 Å². The predicted molar refractivity (Wildman–Crippen MR) is 63.6 cm³/mol. The largest absolute Gasteiger partial charge is 0.362 e. The van der Waals surface area contributed by atoms with Crippen LogP contribution < -0.4 is 5.32 Å². The van der Waals surface area contributed by atoms with Crippen molar-refractivity contribution in [2.45, 2.75) is 33.6 Å². The lowest BCUT2D eigenvalue weighted by Gasteiger charge is -2.08. The van der Waals surface area contributed by atoms with Crippen molar-refractivity contribution in [2.75, 3.05) is 5.32 Å². The molecule has 0 heterocycles. The third-order valence-electron chi connectivity index (χ3n) is 2.38. The second-order valence-corrected chi connectivity index (χ2v) is 3.33. The lowest BCUT2D eigenvalue weighted by Crippen LogP contribution is -1.94. The number of hydrogen-bond donors (Lipinski definition) is 1. The fourth-order valence-electron chi connectivity index (χ4n) is 1.57. The molecule has 0 bridgehead atoms. The van der Waals surface area contributed by atoms with Crippen molar-refractivity contribution >= 4 is 5.69 Å². The molecule has 0 amide bonds. The van der Waals surface area contributed by atoms with Crippen LogP contribution in [0, 0.1) is 0 Å². The van der Waals surface area contributed by atoms with E-state index in [1.54, 1.807) is 0 Å². The van der Waals surface area contributed by atoms with Gasteiger partial charge in [-0.2, -0.15) is 0 Å². The van der Waals surface area contributed by atoms with E-state index in [2.05, 4.69) is 37.4 Å². The molecule has 1 rings (SSSR count). The Morgan fingerprint density at radius 2 is 1.86 bits per heavy atom. The van der Waals surface area contributed by atoms with Gasteiger partial charge in [0.15, 0.2) is 0 Å². The first-order chi connectivity index (χ1) is 6.81. The second kappa shape index (κ2) is 5.48. The summed E-state index contributed by atoms with van der Waals surface area (Å²) in [7, 11) is 0. The standard InChI is InChI=1S/C13H19N/c1-4-9-14-13-8-7-11(5-2)12(6-3)10-13/h4,7-10,14H,5-6H2,1-3H3. The van der Waals surface area contributed by atoms with Crippen LogP contribution in [0.5, 0.6) is 0 Å². The molecule has 14 heavy (non-hydrogen) atoms. The van der Waals surface area contributed by atoms with Crippen LogP contribution >= 0.6 is 0 Å². The highest BCUT2D eigenvalue weighted by Crippen LogP contribution is 2.17. The average Bonchev–Trinajstić information content (AvgIpc) is 2.25. The van der Waals surface area contributed by atoms with Crippen LogP contribution in [0.15, 0.2) is 30.5 Å². The third-order valence-corrected chi connectivity index (χ3v) is 2.38. The maximum atomic E-state index is 3.24. The van der Waals surface area contributed by atoms with E-state index >= 15 is 0 Å². The molecule has 0 spiro atoms. The number of hydrogen-bond acceptors (Lipinski definition) is 1. The van der Waals surface area contributed by atoms with Crippen LogP contribution in [0.2, 0.25) is 0 Å². The third kappa shape index (κ3) is 2.63. The molecular weight excluding hydrogens is 170 g/mol. The topological polar surface area (TPSA) is 12.0 Å². The van der Waals surface area contributed by atoms with Crippen molar-refractivity contribution in [1.29, 1.82) is 0 Å². The van der Waals surface area contributed by atoms with Crippen LogP contribution in [0.1, 0.15) is 31.9 Å². The maximum Gasteiger partial charge on any atom is 0.0382 e. The number of allylic oxidation sites excluding steroid dienone is 1. The van der Waals surface area contributed by atoms with Crippen LogP contribution in [0.25, 0.3) is 0 Å². The summed E-state index contributed by atoms with van der Waals surface area (Å²) < 4.78 is 0. The summed E-state index contributed by atoms with van der Waals surface area (Å²) >= 11 is 0. The van der Waals surface area contributed by atoms with E-state index in [1.165, 1.54) is 16.8 Å². The van der Waals surface area contributed by atoms with Gasteiger partial charge in [0.05, 0.1) is 0 Å². The van der Waals surface area contributed by atoms with Crippen molar-refractivity contribution in [3.05, 3.63) is 41.6 Å². The molecule has 0 aliphatic rings. The van der Waals surface area contributed by atoms with Gasteiger partial charge in [-0.1, -0.05) is 26.0 Å². The van der Waals surface area contributed by atoms with Gasteiger partial charge in [0.1, 0.15) is 0 Å². The van der Waals surface area contributed by atoms with Crippen molar-refractivity contribution < 1.29 is 0 Å². The number of anilines is 1. The van der Waals surface area contributed by atoms with Gasteiger partial charge in [-0.05, 0) is 49.2 Å². The molecule has 0 aliphatic heterocycles. The maximum absolute atomic E-state index is 3.24. The van der Waals surface area contributed by atoms with Crippen LogP contribution in [-0.4, -0.2) is 0 Å². The summed E-state index contributed by atoms with van der Waals surface area (Å²) in [5.41, 5.74) is 4.08. The second-order valence-electron chi connectivity index (χ2n) is 3.33. The summed E-state index contributed by atoms with van der Waals surface area (Å²) in [5, 5.41) is 3.24. The molecule has 0 radical (unpaired) electrons.